The summed E-state index contributed by atoms with van der Waals surface area (Å²) in [5, 5.41) is 11.9. The SMILES string of the molecule is O=C(O)c1ccccc1N1C(=O)NCC12CC2. The number of aromatic carboxylic acids is 1. The third kappa shape index (κ3) is 1.39. The Balaban J connectivity index is 2.09. The van der Waals surface area contributed by atoms with Gasteiger partial charge in [0.15, 0.2) is 0 Å². The molecule has 1 heterocycles. The molecule has 2 N–H and O–H groups in total. The molecule has 3 rings (SSSR count). The molecule has 0 atom stereocenters. The number of carboxylic acid groups (broad SMARTS) is 1. The highest BCUT2D eigenvalue weighted by molar-refractivity contribution is 6.04. The molecule has 2 aliphatic rings. The van der Waals surface area contributed by atoms with Gasteiger partial charge >= 0.3 is 12.0 Å². The Morgan fingerprint density at radius 1 is 1.35 bits per heavy atom. The number of carboxylic acids is 1. The number of para-hydroxylation sites is 1. The molecule has 0 bridgehead atoms. The van der Waals surface area contributed by atoms with Gasteiger partial charge in [0.25, 0.3) is 0 Å². The number of hydrogen-bond acceptors (Lipinski definition) is 2. The van der Waals surface area contributed by atoms with E-state index >= 15 is 0 Å². The Kier molecular flexibility index (Phi) is 1.92. The van der Waals surface area contributed by atoms with Crippen LogP contribution in [0, 0.1) is 0 Å². The van der Waals surface area contributed by atoms with E-state index in [1.807, 2.05) is 0 Å². The maximum Gasteiger partial charge on any atom is 0.337 e. The molecule has 0 radical (unpaired) electrons. The summed E-state index contributed by atoms with van der Waals surface area (Å²) in [6, 6.07) is 6.44. The topological polar surface area (TPSA) is 69.6 Å². The Morgan fingerprint density at radius 2 is 2.06 bits per heavy atom. The Labute approximate surface area is 98.0 Å². The van der Waals surface area contributed by atoms with Crippen molar-refractivity contribution >= 4 is 17.7 Å². The summed E-state index contributed by atoms with van der Waals surface area (Å²) in [5.74, 6) is -1.00. The van der Waals surface area contributed by atoms with E-state index in [1.165, 1.54) is 6.07 Å². The number of carbonyl (C=O) groups excluding carboxylic acids is 1. The van der Waals surface area contributed by atoms with Crippen LogP contribution in [0.25, 0.3) is 0 Å². The fourth-order valence-corrected chi connectivity index (χ4v) is 2.37. The molecule has 1 saturated heterocycles. The molecule has 0 aromatic heterocycles. The number of anilines is 1. The van der Waals surface area contributed by atoms with Crippen molar-refractivity contribution in [3.8, 4) is 0 Å². The van der Waals surface area contributed by atoms with Crippen LogP contribution in [0.1, 0.15) is 23.2 Å². The molecule has 1 aromatic rings. The summed E-state index contributed by atoms with van der Waals surface area (Å²) in [6.07, 6.45) is 1.86. The maximum atomic E-state index is 11.8. The zero-order valence-electron chi connectivity index (χ0n) is 9.14. The van der Waals surface area contributed by atoms with Gasteiger partial charge in [0.05, 0.1) is 16.8 Å². The van der Waals surface area contributed by atoms with Crippen molar-refractivity contribution in [1.82, 2.24) is 5.32 Å². The second-order valence-corrected chi connectivity index (χ2v) is 4.54. The number of nitrogens with zero attached hydrogens (tertiary/aromatic N) is 1. The van der Waals surface area contributed by atoms with Gasteiger partial charge in [0.1, 0.15) is 0 Å². The zero-order valence-corrected chi connectivity index (χ0v) is 9.14. The average Bonchev–Trinajstić information content (AvgIpc) is 3.00. The first-order chi connectivity index (χ1) is 8.14. The minimum atomic E-state index is -1.00. The van der Waals surface area contributed by atoms with Crippen LogP contribution in [0.5, 0.6) is 0 Å². The molecule has 5 nitrogen and oxygen atoms in total. The highest BCUT2D eigenvalue weighted by Gasteiger charge is 2.55. The molecule has 2 amide bonds. The number of hydrogen-bond donors (Lipinski definition) is 2. The predicted octanol–water partition coefficient (Wildman–Crippen LogP) is 1.45. The lowest BCUT2D eigenvalue weighted by Gasteiger charge is -2.23. The second-order valence-electron chi connectivity index (χ2n) is 4.54. The van der Waals surface area contributed by atoms with Gasteiger partial charge in [0.2, 0.25) is 0 Å². The number of carbonyl (C=O) groups is 2. The largest absolute Gasteiger partial charge is 0.478 e. The van der Waals surface area contributed by atoms with Crippen LogP contribution < -0.4 is 10.2 Å². The highest BCUT2D eigenvalue weighted by Crippen LogP contribution is 2.47. The van der Waals surface area contributed by atoms with Crippen molar-refractivity contribution in [1.29, 1.82) is 0 Å². The van der Waals surface area contributed by atoms with E-state index in [9.17, 15) is 9.59 Å². The van der Waals surface area contributed by atoms with Crippen LogP contribution in [0.2, 0.25) is 0 Å². The van der Waals surface area contributed by atoms with Crippen LogP contribution in [-0.4, -0.2) is 29.2 Å². The zero-order chi connectivity index (χ0) is 12.0. The molecule has 1 aliphatic heterocycles. The van der Waals surface area contributed by atoms with Gasteiger partial charge in [-0.05, 0) is 25.0 Å². The summed E-state index contributed by atoms with van der Waals surface area (Å²) >= 11 is 0. The first-order valence-electron chi connectivity index (χ1n) is 5.54. The van der Waals surface area contributed by atoms with E-state index in [1.54, 1.807) is 23.1 Å². The van der Waals surface area contributed by atoms with Crippen molar-refractivity contribution < 1.29 is 14.7 Å². The van der Waals surface area contributed by atoms with E-state index in [0.717, 1.165) is 12.8 Å². The molecule has 2 fully saturated rings. The van der Waals surface area contributed by atoms with Gasteiger partial charge in [-0.3, -0.25) is 4.90 Å². The Bertz CT molecular complexity index is 508. The standard InChI is InChI=1S/C12H12N2O3/c15-10(16)8-3-1-2-4-9(8)14-11(17)13-7-12(14)5-6-12/h1-4H,5-7H2,(H,13,17)(H,15,16). The molecular formula is C12H12N2O3. The number of benzene rings is 1. The molecule has 0 unspecified atom stereocenters. The van der Waals surface area contributed by atoms with Crippen LogP contribution in [0.3, 0.4) is 0 Å². The minimum Gasteiger partial charge on any atom is -0.478 e. The van der Waals surface area contributed by atoms with Crippen molar-refractivity contribution in [2.24, 2.45) is 0 Å². The lowest BCUT2D eigenvalue weighted by Crippen LogP contribution is -2.36. The highest BCUT2D eigenvalue weighted by atomic mass is 16.4. The van der Waals surface area contributed by atoms with Crippen LogP contribution in [0.15, 0.2) is 24.3 Å². The van der Waals surface area contributed by atoms with Gasteiger partial charge in [-0.2, -0.15) is 0 Å². The van der Waals surface area contributed by atoms with Crippen molar-refractivity contribution in [2.45, 2.75) is 18.4 Å². The van der Waals surface area contributed by atoms with Crippen LogP contribution in [0.4, 0.5) is 10.5 Å². The third-order valence-electron chi connectivity index (χ3n) is 3.45. The number of nitrogens with one attached hydrogen (secondary N) is 1. The lowest BCUT2D eigenvalue weighted by molar-refractivity contribution is 0.0697. The van der Waals surface area contributed by atoms with Gasteiger partial charge in [-0.15, -0.1) is 0 Å². The molecule has 5 heteroatoms. The average molecular weight is 232 g/mol. The summed E-state index contributed by atoms with van der Waals surface area (Å²) in [5.41, 5.74) is 0.492. The van der Waals surface area contributed by atoms with Gasteiger partial charge < -0.3 is 10.4 Å². The molecule has 1 saturated carbocycles. The quantitative estimate of drug-likeness (QED) is 0.810. The Morgan fingerprint density at radius 3 is 2.71 bits per heavy atom. The molecular weight excluding hydrogens is 220 g/mol. The van der Waals surface area contributed by atoms with E-state index in [4.69, 9.17) is 5.11 Å². The first-order valence-corrected chi connectivity index (χ1v) is 5.54. The second kappa shape index (κ2) is 3.23. The summed E-state index contributed by atoms with van der Waals surface area (Å²) in [7, 11) is 0. The monoisotopic (exact) mass is 232 g/mol. The number of amides is 2. The normalized spacial score (nSPS) is 20.5. The minimum absolute atomic E-state index is 0.177. The number of rotatable bonds is 2. The van der Waals surface area contributed by atoms with Gasteiger partial charge in [-0.1, -0.05) is 12.1 Å². The lowest BCUT2D eigenvalue weighted by atomic mass is 10.1. The number of urea groups is 1. The molecule has 88 valence electrons. The van der Waals surface area contributed by atoms with E-state index < -0.39 is 5.97 Å². The fraction of sp³-hybridized carbons (Fsp3) is 0.333. The van der Waals surface area contributed by atoms with Crippen molar-refractivity contribution in [3.05, 3.63) is 29.8 Å². The van der Waals surface area contributed by atoms with E-state index in [0.29, 0.717) is 12.2 Å². The molecule has 1 aliphatic carbocycles. The van der Waals surface area contributed by atoms with E-state index in [2.05, 4.69) is 5.32 Å². The first kappa shape index (κ1) is 10.1. The van der Waals surface area contributed by atoms with Crippen LogP contribution >= 0.6 is 0 Å². The molecule has 1 spiro atoms. The Hall–Kier alpha value is -2.04. The van der Waals surface area contributed by atoms with Crippen molar-refractivity contribution in [2.75, 3.05) is 11.4 Å². The summed E-state index contributed by atoms with van der Waals surface area (Å²) in [4.78, 5) is 24.6. The van der Waals surface area contributed by atoms with Gasteiger partial charge in [-0.25, -0.2) is 9.59 Å². The maximum absolute atomic E-state index is 11.8. The summed E-state index contributed by atoms with van der Waals surface area (Å²) in [6.45, 7) is 0.611. The molecule has 17 heavy (non-hydrogen) atoms. The van der Waals surface area contributed by atoms with Gasteiger partial charge in [0, 0.05) is 6.54 Å². The van der Waals surface area contributed by atoms with E-state index in [-0.39, 0.29) is 17.1 Å². The third-order valence-corrected chi connectivity index (χ3v) is 3.45. The predicted molar refractivity (Wildman–Crippen MR) is 61.2 cm³/mol. The summed E-state index contributed by atoms with van der Waals surface area (Å²) < 4.78 is 0. The fourth-order valence-electron chi connectivity index (χ4n) is 2.37. The van der Waals surface area contributed by atoms with Crippen molar-refractivity contribution in [3.63, 3.8) is 0 Å². The smallest absolute Gasteiger partial charge is 0.337 e. The molecule has 1 aromatic carbocycles. The van der Waals surface area contributed by atoms with Crippen LogP contribution in [-0.2, 0) is 0 Å².